The number of nitrogens with two attached hydrogens (primary N) is 1. The van der Waals surface area contributed by atoms with E-state index >= 15 is 0 Å². The van der Waals surface area contributed by atoms with Gasteiger partial charge in [0.1, 0.15) is 0 Å². The molecule has 0 radical (unpaired) electrons. The fourth-order valence-electron chi connectivity index (χ4n) is 3.39. The fraction of sp³-hybridized carbons (Fsp3) is 0.647. The zero-order valence-electron chi connectivity index (χ0n) is 12.6. The summed E-state index contributed by atoms with van der Waals surface area (Å²) in [6.45, 7) is 7.77. The maximum absolute atomic E-state index is 6.49. The molecule has 0 bridgehead atoms. The van der Waals surface area contributed by atoms with Crippen LogP contribution in [0.15, 0.2) is 24.3 Å². The van der Waals surface area contributed by atoms with E-state index < -0.39 is 0 Å². The minimum atomic E-state index is 0.112. The van der Waals surface area contributed by atoms with Gasteiger partial charge in [0, 0.05) is 18.1 Å². The van der Waals surface area contributed by atoms with E-state index in [0.29, 0.717) is 6.04 Å². The van der Waals surface area contributed by atoms with E-state index in [-0.39, 0.29) is 6.04 Å². The van der Waals surface area contributed by atoms with Crippen LogP contribution in [0.4, 0.5) is 0 Å². The van der Waals surface area contributed by atoms with E-state index in [1.807, 2.05) is 0 Å². The van der Waals surface area contributed by atoms with Gasteiger partial charge in [-0.1, -0.05) is 49.6 Å². The van der Waals surface area contributed by atoms with Gasteiger partial charge in [-0.2, -0.15) is 0 Å². The van der Waals surface area contributed by atoms with Gasteiger partial charge in [0.2, 0.25) is 0 Å². The van der Waals surface area contributed by atoms with Crippen molar-refractivity contribution in [2.75, 3.05) is 6.54 Å². The number of rotatable bonds is 5. The van der Waals surface area contributed by atoms with Crippen LogP contribution in [0.1, 0.15) is 56.7 Å². The largest absolute Gasteiger partial charge is 0.323 e. The highest BCUT2D eigenvalue weighted by molar-refractivity contribution is 5.24. The first-order chi connectivity index (χ1) is 9.13. The third-order valence-corrected chi connectivity index (χ3v) is 4.66. The van der Waals surface area contributed by atoms with E-state index in [1.54, 1.807) is 0 Å². The highest BCUT2D eigenvalue weighted by Crippen LogP contribution is 2.28. The predicted octanol–water partition coefficient (Wildman–Crippen LogP) is 3.65. The van der Waals surface area contributed by atoms with Crippen molar-refractivity contribution in [1.82, 2.24) is 4.90 Å². The lowest BCUT2D eigenvalue weighted by atomic mass is 9.97. The van der Waals surface area contributed by atoms with Crippen LogP contribution in [-0.4, -0.2) is 23.5 Å². The van der Waals surface area contributed by atoms with E-state index in [0.717, 1.165) is 12.6 Å². The topological polar surface area (TPSA) is 29.3 Å². The van der Waals surface area contributed by atoms with Crippen LogP contribution in [0, 0.1) is 6.92 Å². The Labute approximate surface area is 118 Å². The Morgan fingerprint density at radius 1 is 1.21 bits per heavy atom. The molecule has 0 amide bonds. The maximum Gasteiger partial charge on any atom is 0.0450 e. The molecule has 1 aliphatic carbocycles. The minimum absolute atomic E-state index is 0.112. The molecule has 1 saturated carbocycles. The molecule has 0 saturated heterocycles. The summed E-state index contributed by atoms with van der Waals surface area (Å²) in [5.74, 6) is 0. The molecule has 0 spiro atoms. The molecule has 106 valence electrons. The first-order valence-corrected chi connectivity index (χ1v) is 7.71. The summed E-state index contributed by atoms with van der Waals surface area (Å²) in [5.41, 5.74) is 9.05. The van der Waals surface area contributed by atoms with Gasteiger partial charge in [0.05, 0.1) is 0 Å². The molecule has 2 rings (SSSR count). The Hall–Kier alpha value is -0.860. The monoisotopic (exact) mass is 260 g/mol. The Morgan fingerprint density at radius 2 is 1.79 bits per heavy atom. The molecule has 0 aliphatic heterocycles. The summed E-state index contributed by atoms with van der Waals surface area (Å²) in [4.78, 5) is 2.61. The van der Waals surface area contributed by atoms with Crippen molar-refractivity contribution in [2.24, 2.45) is 5.73 Å². The molecule has 0 heterocycles. The Bertz CT molecular complexity index is 379. The van der Waals surface area contributed by atoms with Crippen LogP contribution in [0.25, 0.3) is 0 Å². The summed E-state index contributed by atoms with van der Waals surface area (Å²) in [6, 6.07) is 9.95. The Balaban J connectivity index is 2.07. The van der Waals surface area contributed by atoms with Crippen LogP contribution in [0.3, 0.4) is 0 Å². The summed E-state index contributed by atoms with van der Waals surface area (Å²) in [7, 11) is 0. The van der Waals surface area contributed by atoms with E-state index in [2.05, 4.69) is 49.9 Å². The molecule has 0 aromatic heterocycles. The lowest BCUT2D eigenvalue weighted by Gasteiger charge is -2.37. The second kappa shape index (κ2) is 6.53. The molecule has 2 heteroatoms. The van der Waals surface area contributed by atoms with Gasteiger partial charge < -0.3 is 5.73 Å². The van der Waals surface area contributed by atoms with Gasteiger partial charge in [-0.3, -0.25) is 4.90 Å². The third-order valence-electron chi connectivity index (χ3n) is 4.66. The van der Waals surface area contributed by atoms with Gasteiger partial charge in [0.25, 0.3) is 0 Å². The van der Waals surface area contributed by atoms with Crippen molar-refractivity contribution in [1.29, 1.82) is 0 Å². The molecule has 1 aromatic carbocycles. The zero-order valence-corrected chi connectivity index (χ0v) is 12.6. The lowest BCUT2D eigenvalue weighted by molar-refractivity contribution is 0.134. The van der Waals surface area contributed by atoms with Crippen LogP contribution in [0.5, 0.6) is 0 Å². The Morgan fingerprint density at radius 3 is 2.32 bits per heavy atom. The molecule has 1 aliphatic rings. The minimum Gasteiger partial charge on any atom is -0.323 e. The average molecular weight is 260 g/mol. The number of hydrogen-bond acceptors (Lipinski definition) is 2. The molecular weight excluding hydrogens is 232 g/mol. The van der Waals surface area contributed by atoms with Crippen molar-refractivity contribution < 1.29 is 0 Å². The van der Waals surface area contributed by atoms with Gasteiger partial charge in [-0.05, 0) is 38.8 Å². The number of nitrogens with zero attached hydrogens (tertiary/aromatic N) is 1. The van der Waals surface area contributed by atoms with Crippen molar-refractivity contribution >= 4 is 0 Å². The number of aryl methyl sites for hydroxylation is 1. The van der Waals surface area contributed by atoms with Gasteiger partial charge in [-0.15, -0.1) is 0 Å². The van der Waals surface area contributed by atoms with Crippen molar-refractivity contribution in [2.45, 2.75) is 64.6 Å². The number of hydrogen-bond donors (Lipinski definition) is 1. The van der Waals surface area contributed by atoms with Gasteiger partial charge in [0.15, 0.2) is 0 Å². The van der Waals surface area contributed by atoms with Crippen LogP contribution < -0.4 is 5.73 Å². The highest BCUT2D eigenvalue weighted by Gasteiger charge is 2.28. The molecule has 2 atom stereocenters. The van der Waals surface area contributed by atoms with Crippen molar-refractivity contribution in [3.8, 4) is 0 Å². The van der Waals surface area contributed by atoms with Crippen molar-refractivity contribution in [3.05, 3.63) is 35.4 Å². The number of likely N-dealkylation sites (N-methyl/N-ethyl adjacent to an activating group) is 1. The first-order valence-electron chi connectivity index (χ1n) is 7.71. The standard InChI is InChI=1S/C17H28N2/c1-4-19(16-7-5-6-8-16)14(3)17(18)15-11-9-13(2)10-12-15/h9-12,14,16-17H,4-8,18H2,1-3H3. The predicted molar refractivity (Wildman–Crippen MR) is 82.2 cm³/mol. The summed E-state index contributed by atoms with van der Waals surface area (Å²) < 4.78 is 0. The SMILES string of the molecule is CCN(C1CCCC1)C(C)C(N)c1ccc(C)cc1. The Kier molecular flexibility index (Phi) is 5.00. The molecular formula is C17H28N2. The second-order valence-electron chi connectivity index (χ2n) is 5.95. The molecule has 2 nitrogen and oxygen atoms in total. The number of benzene rings is 1. The quantitative estimate of drug-likeness (QED) is 0.875. The third kappa shape index (κ3) is 3.37. The summed E-state index contributed by atoms with van der Waals surface area (Å²) >= 11 is 0. The fourth-order valence-corrected chi connectivity index (χ4v) is 3.39. The molecule has 2 N–H and O–H groups in total. The molecule has 2 unspecified atom stereocenters. The van der Waals surface area contributed by atoms with Gasteiger partial charge >= 0.3 is 0 Å². The molecule has 1 fully saturated rings. The average Bonchev–Trinajstić information content (AvgIpc) is 2.93. The first kappa shape index (κ1) is 14.5. The van der Waals surface area contributed by atoms with Crippen LogP contribution in [-0.2, 0) is 0 Å². The maximum atomic E-state index is 6.49. The zero-order chi connectivity index (χ0) is 13.8. The molecule has 1 aromatic rings. The van der Waals surface area contributed by atoms with E-state index in [1.165, 1.54) is 36.8 Å². The van der Waals surface area contributed by atoms with Crippen LogP contribution in [0.2, 0.25) is 0 Å². The van der Waals surface area contributed by atoms with Gasteiger partial charge in [-0.25, -0.2) is 0 Å². The smallest absolute Gasteiger partial charge is 0.0450 e. The normalized spacial score (nSPS) is 19.8. The lowest BCUT2D eigenvalue weighted by Crippen LogP contribution is -2.45. The molecule has 19 heavy (non-hydrogen) atoms. The summed E-state index contributed by atoms with van der Waals surface area (Å²) in [5, 5.41) is 0. The highest BCUT2D eigenvalue weighted by atomic mass is 15.2. The summed E-state index contributed by atoms with van der Waals surface area (Å²) in [6.07, 6.45) is 5.46. The van der Waals surface area contributed by atoms with Crippen molar-refractivity contribution in [3.63, 3.8) is 0 Å². The van der Waals surface area contributed by atoms with E-state index in [4.69, 9.17) is 5.73 Å². The second-order valence-corrected chi connectivity index (χ2v) is 5.95. The van der Waals surface area contributed by atoms with E-state index in [9.17, 15) is 0 Å². The van der Waals surface area contributed by atoms with Crippen LogP contribution >= 0.6 is 0 Å².